The molecule has 0 saturated carbocycles. The van der Waals surface area contributed by atoms with Gasteiger partial charge in [-0.3, -0.25) is 9.58 Å². The first kappa shape index (κ1) is 21.4. The van der Waals surface area contributed by atoms with Crippen molar-refractivity contribution in [2.45, 2.75) is 45.8 Å². The number of hydrogen-bond donors (Lipinski definition) is 0. The largest absolute Gasteiger partial charge is 0.489 e. The summed E-state index contributed by atoms with van der Waals surface area (Å²) in [6, 6.07) is 12.3. The van der Waals surface area contributed by atoms with E-state index in [0.717, 1.165) is 53.0 Å². The first-order chi connectivity index (χ1) is 15.7. The lowest BCUT2D eigenvalue weighted by molar-refractivity contribution is 0.234. The quantitative estimate of drug-likeness (QED) is 0.445. The number of fused-ring (bicyclic) bond motifs is 2. The van der Waals surface area contributed by atoms with Gasteiger partial charge in [-0.1, -0.05) is 31.0 Å². The van der Waals surface area contributed by atoms with Crippen molar-refractivity contribution < 1.29 is 9.47 Å². The van der Waals surface area contributed by atoms with E-state index < -0.39 is 0 Å². The molecule has 0 unspecified atom stereocenters. The maximum absolute atomic E-state index is 6.36. The Balaban J connectivity index is 1.25. The summed E-state index contributed by atoms with van der Waals surface area (Å²) in [5.41, 5.74) is 4.61. The van der Waals surface area contributed by atoms with Crippen molar-refractivity contribution >= 4 is 28.6 Å². The molecular formula is C26H30ClN3O2. The number of aryl methyl sites for hydroxylation is 1. The Bertz CT molecular complexity index is 1130. The van der Waals surface area contributed by atoms with Crippen LogP contribution in [0, 0.1) is 0 Å². The molecule has 168 valence electrons. The molecule has 3 heterocycles. The highest BCUT2D eigenvalue weighted by Gasteiger charge is 2.17. The fraction of sp³-hybridized carbons (Fsp3) is 0.423. The SMILES string of the molecule is CCCn1nc(Cl)c2cc(COc3ccc4c(c3)OCC(CN3CCCCC3)=C4)ccc21. The van der Waals surface area contributed by atoms with Gasteiger partial charge in [0.2, 0.25) is 0 Å². The van der Waals surface area contributed by atoms with Crippen molar-refractivity contribution in [2.24, 2.45) is 0 Å². The second-order valence-electron chi connectivity index (χ2n) is 8.78. The van der Waals surface area contributed by atoms with Crippen LogP contribution in [0.3, 0.4) is 0 Å². The molecule has 5 nitrogen and oxygen atoms in total. The second-order valence-corrected chi connectivity index (χ2v) is 9.14. The topological polar surface area (TPSA) is 39.5 Å². The lowest BCUT2D eigenvalue weighted by Gasteiger charge is -2.29. The molecule has 2 aliphatic rings. The molecule has 0 N–H and O–H groups in total. The highest BCUT2D eigenvalue weighted by atomic mass is 35.5. The molecule has 1 saturated heterocycles. The number of piperidine rings is 1. The lowest BCUT2D eigenvalue weighted by Crippen LogP contribution is -2.32. The van der Waals surface area contributed by atoms with Crippen LogP contribution in [0.2, 0.25) is 5.15 Å². The van der Waals surface area contributed by atoms with Crippen molar-refractivity contribution in [2.75, 3.05) is 26.2 Å². The van der Waals surface area contributed by atoms with Crippen molar-refractivity contribution in [3.8, 4) is 11.5 Å². The highest BCUT2D eigenvalue weighted by Crippen LogP contribution is 2.31. The monoisotopic (exact) mass is 451 g/mol. The fourth-order valence-electron chi connectivity index (χ4n) is 4.60. The Hall–Kier alpha value is -2.50. The summed E-state index contributed by atoms with van der Waals surface area (Å²) in [5, 5.41) is 5.97. The molecule has 0 atom stereocenters. The molecule has 1 aromatic heterocycles. The van der Waals surface area contributed by atoms with Crippen LogP contribution in [0.1, 0.15) is 43.7 Å². The van der Waals surface area contributed by atoms with Crippen LogP contribution in [0.4, 0.5) is 0 Å². The predicted molar refractivity (Wildman–Crippen MR) is 130 cm³/mol. The number of aromatic nitrogens is 2. The van der Waals surface area contributed by atoms with Crippen LogP contribution in [0.5, 0.6) is 11.5 Å². The highest BCUT2D eigenvalue weighted by molar-refractivity contribution is 6.34. The summed E-state index contributed by atoms with van der Waals surface area (Å²) < 4.78 is 14.1. The molecule has 0 bridgehead atoms. The molecule has 0 radical (unpaired) electrons. The van der Waals surface area contributed by atoms with Crippen LogP contribution in [0.15, 0.2) is 42.0 Å². The maximum atomic E-state index is 6.36. The van der Waals surface area contributed by atoms with Gasteiger partial charge in [0.15, 0.2) is 5.15 Å². The van der Waals surface area contributed by atoms with Crippen LogP contribution >= 0.6 is 11.6 Å². The molecular weight excluding hydrogens is 422 g/mol. The van der Waals surface area contributed by atoms with Gasteiger partial charge < -0.3 is 9.47 Å². The third-order valence-electron chi connectivity index (χ3n) is 6.24. The normalized spacial score (nSPS) is 16.5. The summed E-state index contributed by atoms with van der Waals surface area (Å²) in [5.74, 6) is 1.70. The molecule has 32 heavy (non-hydrogen) atoms. The molecule has 0 amide bonds. The molecule has 2 aromatic carbocycles. The predicted octanol–water partition coefficient (Wildman–Crippen LogP) is 5.94. The standard InChI is InChI=1S/C26H30ClN3O2/c1-2-10-30-24-9-6-19(14-23(24)26(27)28-30)17-31-22-8-7-21-13-20(18-32-25(21)15-22)16-29-11-4-3-5-12-29/h6-9,13-15H,2-5,10-12,16-18H2,1H3. The van der Waals surface area contributed by atoms with Crippen molar-refractivity contribution in [1.29, 1.82) is 0 Å². The van der Waals surface area contributed by atoms with E-state index in [1.165, 1.54) is 37.9 Å². The molecule has 3 aromatic rings. The van der Waals surface area contributed by atoms with Gasteiger partial charge in [-0.25, -0.2) is 0 Å². The summed E-state index contributed by atoms with van der Waals surface area (Å²) in [6.45, 7) is 7.54. The fourth-order valence-corrected chi connectivity index (χ4v) is 4.85. The van der Waals surface area contributed by atoms with Crippen molar-refractivity contribution in [3.05, 3.63) is 58.3 Å². The third kappa shape index (κ3) is 4.64. The van der Waals surface area contributed by atoms with Gasteiger partial charge >= 0.3 is 0 Å². The third-order valence-corrected chi connectivity index (χ3v) is 6.52. The van der Waals surface area contributed by atoms with Gasteiger partial charge in [0, 0.05) is 30.1 Å². The zero-order valence-corrected chi connectivity index (χ0v) is 19.4. The van der Waals surface area contributed by atoms with Crippen molar-refractivity contribution in [1.82, 2.24) is 14.7 Å². The van der Waals surface area contributed by atoms with Gasteiger partial charge in [0.05, 0.1) is 5.52 Å². The molecule has 1 fully saturated rings. The number of ether oxygens (including phenoxy) is 2. The van der Waals surface area contributed by atoms with E-state index in [-0.39, 0.29) is 0 Å². The first-order valence-electron chi connectivity index (χ1n) is 11.7. The van der Waals surface area contributed by atoms with Gasteiger partial charge in [-0.05, 0) is 73.8 Å². The van der Waals surface area contributed by atoms with E-state index in [2.05, 4.69) is 47.3 Å². The van der Waals surface area contributed by atoms with Crippen molar-refractivity contribution in [3.63, 3.8) is 0 Å². The van der Waals surface area contributed by atoms with Gasteiger partial charge in [0.1, 0.15) is 24.7 Å². The molecule has 0 spiro atoms. The number of halogens is 1. The molecule has 6 heteroatoms. The first-order valence-corrected chi connectivity index (χ1v) is 12.0. The Labute approximate surface area is 194 Å². The number of rotatable bonds is 7. The zero-order valence-electron chi connectivity index (χ0n) is 18.6. The number of likely N-dealkylation sites (tertiary alicyclic amines) is 1. The van der Waals surface area contributed by atoms with Gasteiger partial charge in [0.25, 0.3) is 0 Å². The van der Waals surface area contributed by atoms with E-state index in [1.54, 1.807) is 0 Å². The van der Waals surface area contributed by atoms with Gasteiger partial charge in [-0.2, -0.15) is 5.10 Å². The lowest BCUT2D eigenvalue weighted by atomic mass is 10.1. The smallest absolute Gasteiger partial charge is 0.158 e. The van der Waals surface area contributed by atoms with E-state index in [0.29, 0.717) is 18.4 Å². The van der Waals surface area contributed by atoms with E-state index in [1.807, 2.05) is 16.8 Å². The maximum Gasteiger partial charge on any atom is 0.158 e. The minimum absolute atomic E-state index is 0.472. The van der Waals surface area contributed by atoms with Crippen LogP contribution in [-0.2, 0) is 13.2 Å². The van der Waals surface area contributed by atoms with Crippen LogP contribution in [-0.4, -0.2) is 40.9 Å². The van der Waals surface area contributed by atoms with E-state index in [4.69, 9.17) is 21.1 Å². The Morgan fingerprint density at radius 1 is 1.09 bits per heavy atom. The minimum atomic E-state index is 0.472. The molecule has 5 rings (SSSR count). The summed E-state index contributed by atoms with van der Waals surface area (Å²) in [6.07, 6.45) is 7.28. The summed E-state index contributed by atoms with van der Waals surface area (Å²) >= 11 is 6.36. The number of nitrogens with zero attached hydrogens (tertiary/aromatic N) is 3. The van der Waals surface area contributed by atoms with E-state index >= 15 is 0 Å². The number of hydrogen-bond acceptors (Lipinski definition) is 4. The Kier molecular flexibility index (Phi) is 6.37. The van der Waals surface area contributed by atoms with Crippen LogP contribution in [0.25, 0.3) is 17.0 Å². The average molecular weight is 452 g/mol. The van der Waals surface area contributed by atoms with Crippen LogP contribution < -0.4 is 9.47 Å². The average Bonchev–Trinajstić information content (AvgIpc) is 3.13. The zero-order chi connectivity index (χ0) is 21.9. The minimum Gasteiger partial charge on any atom is -0.489 e. The second kappa shape index (κ2) is 9.55. The molecule has 0 aliphatic carbocycles. The summed E-state index contributed by atoms with van der Waals surface area (Å²) in [4.78, 5) is 2.54. The molecule has 2 aliphatic heterocycles. The Morgan fingerprint density at radius 3 is 2.81 bits per heavy atom. The summed E-state index contributed by atoms with van der Waals surface area (Å²) in [7, 11) is 0. The number of benzene rings is 2. The van der Waals surface area contributed by atoms with Gasteiger partial charge in [-0.15, -0.1) is 0 Å². The van der Waals surface area contributed by atoms with E-state index in [9.17, 15) is 0 Å². The Morgan fingerprint density at radius 2 is 1.97 bits per heavy atom.